The summed E-state index contributed by atoms with van der Waals surface area (Å²) in [4.78, 5) is 36.3. The number of hydrogen-bond acceptors (Lipinski definition) is 5. The smallest absolute Gasteiger partial charge is 0.269 e. The van der Waals surface area contributed by atoms with Crippen LogP contribution in [-0.2, 0) is 14.3 Å². The van der Waals surface area contributed by atoms with Gasteiger partial charge in [-0.15, -0.1) is 0 Å². The molecule has 0 spiro atoms. The van der Waals surface area contributed by atoms with Crippen LogP contribution in [0, 0.1) is 6.92 Å². The quantitative estimate of drug-likeness (QED) is 0.383. The second-order valence-electron chi connectivity index (χ2n) is 6.54. The number of ether oxygens (including phenoxy) is 2. The van der Waals surface area contributed by atoms with Gasteiger partial charge in [-0.05, 0) is 49.7 Å². The van der Waals surface area contributed by atoms with Crippen LogP contribution in [0.2, 0.25) is 5.02 Å². The number of rotatable bonds is 10. The maximum atomic E-state index is 12.2. The number of amides is 3. The Bertz CT molecular complexity index is 920. The Hall–Kier alpha value is -3.10. The molecule has 0 heterocycles. The second kappa shape index (κ2) is 12.6. The van der Waals surface area contributed by atoms with E-state index in [9.17, 15) is 14.4 Å². The molecule has 9 heteroatoms. The molecule has 2 aromatic carbocycles. The van der Waals surface area contributed by atoms with E-state index in [2.05, 4.69) is 16.2 Å². The molecule has 3 N–H and O–H groups in total. The molecule has 0 aliphatic carbocycles. The summed E-state index contributed by atoms with van der Waals surface area (Å²) in [6.07, 6.45) is -0.136. The third-order valence-corrected chi connectivity index (χ3v) is 4.64. The van der Waals surface area contributed by atoms with Crippen molar-refractivity contribution in [2.75, 3.05) is 25.1 Å². The van der Waals surface area contributed by atoms with Gasteiger partial charge in [-0.3, -0.25) is 25.2 Å². The van der Waals surface area contributed by atoms with Crippen molar-refractivity contribution in [3.63, 3.8) is 0 Å². The Balaban J connectivity index is 1.74. The van der Waals surface area contributed by atoms with Crippen LogP contribution in [0.4, 0.5) is 5.69 Å². The number of carbonyl (C=O) groups is 3. The summed E-state index contributed by atoms with van der Waals surface area (Å²) in [5.74, 6) is -0.798. The SMILES string of the molecule is CCOCCOc1cccc(C(=O)NNC(=O)CCC(=O)Nc2cccc(Cl)c2C)c1. The molecule has 2 aromatic rings. The normalized spacial score (nSPS) is 10.3. The van der Waals surface area contributed by atoms with E-state index in [-0.39, 0.29) is 18.7 Å². The highest BCUT2D eigenvalue weighted by atomic mass is 35.5. The van der Waals surface area contributed by atoms with E-state index in [1.165, 1.54) is 0 Å². The number of benzene rings is 2. The van der Waals surface area contributed by atoms with Gasteiger partial charge in [0.15, 0.2) is 0 Å². The van der Waals surface area contributed by atoms with E-state index >= 15 is 0 Å². The fraction of sp³-hybridized carbons (Fsp3) is 0.318. The second-order valence-corrected chi connectivity index (χ2v) is 6.94. The van der Waals surface area contributed by atoms with E-state index in [1.54, 1.807) is 49.4 Å². The average Bonchev–Trinajstić information content (AvgIpc) is 2.77. The molecule has 0 saturated carbocycles. The van der Waals surface area contributed by atoms with Crippen molar-refractivity contribution in [3.05, 3.63) is 58.6 Å². The summed E-state index contributed by atoms with van der Waals surface area (Å²) in [6, 6.07) is 11.7. The molecule has 8 nitrogen and oxygen atoms in total. The Morgan fingerprint density at radius 2 is 1.71 bits per heavy atom. The molecule has 0 radical (unpaired) electrons. The number of carbonyl (C=O) groups excluding carboxylic acids is 3. The van der Waals surface area contributed by atoms with E-state index in [4.69, 9.17) is 21.1 Å². The minimum absolute atomic E-state index is 0.0448. The van der Waals surface area contributed by atoms with Crippen molar-refractivity contribution in [1.82, 2.24) is 10.9 Å². The van der Waals surface area contributed by atoms with Gasteiger partial charge in [-0.2, -0.15) is 0 Å². The molecule has 0 aromatic heterocycles. The van der Waals surface area contributed by atoms with Crippen molar-refractivity contribution >= 4 is 35.0 Å². The molecule has 0 bridgehead atoms. The van der Waals surface area contributed by atoms with Gasteiger partial charge < -0.3 is 14.8 Å². The van der Waals surface area contributed by atoms with E-state index in [0.29, 0.717) is 41.8 Å². The van der Waals surface area contributed by atoms with Gasteiger partial charge in [0.05, 0.1) is 6.61 Å². The largest absolute Gasteiger partial charge is 0.491 e. The zero-order chi connectivity index (χ0) is 22.6. The van der Waals surface area contributed by atoms with Crippen LogP contribution >= 0.6 is 11.6 Å². The predicted molar refractivity (Wildman–Crippen MR) is 118 cm³/mol. The van der Waals surface area contributed by atoms with Crippen LogP contribution in [-0.4, -0.2) is 37.5 Å². The first-order valence-corrected chi connectivity index (χ1v) is 10.2. The molecule has 2 rings (SSSR count). The molecule has 0 atom stereocenters. The Morgan fingerprint density at radius 3 is 2.48 bits per heavy atom. The van der Waals surface area contributed by atoms with Gasteiger partial charge in [0.1, 0.15) is 12.4 Å². The lowest BCUT2D eigenvalue weighted by Gasteiger charge is -2.11. The fourth-order valence-corrected chi connectivity index (χ4v) is 2.71. The molecular formula is C22H26ClN3O5. The zero-order valence-corrected chi connectivity index (χ0v) is 18.3. The molecule has 0 aliphatic heterocycles. The van der Waals surface area contributed by atoms with E-state index in [0.717, 1.165) is 5.56 Å². The molecule has 3 amide bonds. The van der Waals surface area contributed by atoms with Gasteiger partial charge in [-0.25, -0.2) is 0 Å². The summed E-state index contributed by atoms with van der Waals surface area (Å²) >= 11 is 6.02. The number of halogens is 1. The Morgan fingerprint density at radius 1 is 0.968 bits per heavy atom. The molecule has 0 saturated heterocycles. The lowest BCUT2D eigenvalue weighted by molar-refractivity contribution is -0.124. The summed E-state index contributed by atoms with van der Waals surface area (Å²) < 4.78 is 10.7. The minimum atomic E-state index is -0.498. The standard InChI is InChI=1S/C22H26ClN3O5/c1-3-30-12-13-31-17-7-4-6-16(14-17)22(29)26-25-21(28)11-10-20(27)24-19-9-5-8-18(23)15(19)2/h4-9,14H,3,10-13H2,1-2H3,(H,24,27)(H,25,28)(H,26,29). The zero-order valence-electron chi connectivity index (χ0n) is 17.5. The maximum absolute atomic E-state index is 12.2. The third kappa shape index (κ3) is 8.27. The predicted octanol–water partition coefficient (Wildman–Crippen LogP) is 3.24. The highest BCUT2D eigenvalue weighted by Crippen LogP contribution is 2.23. The fourth-order valence-electron chi connectivity index (χ4n) is 2.53. The van der Waals surface area contributed by atoms with Gasteiger partial charge in [-0.1, -0.05) is 23.7 Å². The van der Waals surface area contributed by atoms with E-state index in [1.807, 2.05) is 6.92 Å². The van der Waals surface area contributed by atoms with Crippen LogP contribution in [0.15, 0.2) is 42.5 Å². The lowest BCUT2D eigenvalue weighted by atomic mass is 10.2. The first-order valence-electron chi connectivity index (χ1n) is 9.85. The first-order chi connectivity index (χ1) is 14.9. The highest BCUT2D eigenvalue weighted by Gasteiger charge is 2.12. The van der Waals surface area contributed by atoms with Crippen LogP contribution < -0.4 is 20.9 Å². The Labute approximate surface area is 186 Å². The molecule has 0 fully saturated rings. The topological polar surface area (TPSA) is 106 Å². The molecular weight excluding hydrogens is 422 g/mol. The first kappa shape index (κ1) is 24.2. The molecule has 0 unspecified atom stereocenters. The molecule has 166 valence electrons. The number of hydrazine groups is 1. The van der Waals surface area contributed by atoms with Crippen molar-refractivity contribution in [2.45, 2.75) is 26.7 Å². The number of hydrogen-bond donors (Lipinski definition) is 3. The monoisotopic (exact) mass is 447 g/mol. The van der Waals surface area contributed by atoms with Crippen molar-refractivity contribution in [2.24, 2.45) is 0 Å². The van der Waals surface area contributed by atoms with Crippen molar-refractivity contribution in [3.8, 4) is 5.75 Å². The van der Waals surface area contributed by atoms with Crippen LogP contribution in [0.5, 0.6) is 5.75 Å². The van der Waals surface area contributed by atoms with Crippen LogP contribution in [0.3, 0.4) is 0 Å². The van der Waals surface area contributed by atoms with Crippen LogP contribution in [0.25, 0.3) is 0 Å². The summed E-state index contributed by atoms with van der Waals surface area (Å²) in [6.45, 7) is 5.11. The molecule has 31 heavy (non-hydrogen) atoms. The summed E-state index contributed by atoms with van der Waals surface area (Å²) in [5, 5.41) is 3.26. The van der Waals surface area contributed by atoms with Crippen molar-refractivity contribution in [1.29, 1.82) is 0 Å². The average molecular weight is 448 g/mol. The lowest BCUT2D eigenvalue weighted by Crippen LogP contribution is -2.41. The Kier molecular flexibility index (Phi) is 9.80. The van der Waals surface area contributed by atoms with Gasteiger partial charge in [0.25, 0.3) is 5.91 Å². The molecule has 0 aliphatic rings. The van der Waals surface area contributed by atoms with Gasteiger partial charge in [0, 0.05) is 35.7 Å². The third-order valence-electron chi connectivity index (χ3n) is 4.23. The maximum Gasteiger partial charge on any atom is 0.269 e. The summed E-state index contributed by atoms with van der Waals surface area (Å²) in [7, 11) is 0. The summed E-state index contributed by atoms with van der Waals surface area (Å²) in [5.41, 5.74) is 6.29. The van der Waals surface area contributed by atoms with Gasteiger partial charge >= 0.3 is 0 Å². The van der Waals surface area contributed by atoms with E-state index < -0.39 is 11.8 Å². The minimum Gasteiger partial charge on any atom is -0.491 e. The van der Waals surface area contributed by atoms with Crippen LogP contribution in [0.1, 0.15) is 35.7 Å². The van der Waals surface area contributed by atoms with Crippen molar-refractivity contribution < 1.29 is 23.9 Å². The number of nitrogens with one attached hydrogen (secondary N) is 3. The highest BCUT2D eigenvalue weighted by molar-refractivity contribution is 6.31. The van der Waals surface area contributed by atoms with Gasteiger partial charge in [0.2, 0.25) is 11.8 Å². The number of anilines is 1.